The van der Waals surface area contributed by atoms with E-state index in [9.17, 15) is 4.79 Å². The topological polar surface area (TPSA) is 69.6 Å². The van der Waals surface area contributed by atoms with Gasteiger partial charge >= 0.3 is 5.97 Å². The van der Waals surface area contributed by atoms with E-state index in [2.05, 4.69) is 10.1 Å². The molecule has 1 aromatic carbocycles. The zero-order valence-corrected chi connectivity index (χ0v) is 16.1. The second-order valence-corrected chi connectivity index (χ2v) is 6.58. The minimum atomic E-state index is -0.444. The summed E-state index contributed by atoms with van der Waals surface area (Å²) in [6.07, 6.45) is 7.84. The van der Waals surface area contributed by atoms with E-state index in [0.717, 1.165) is 25.9 Å². The van der Waals surface area contributed by atoms with Crippen LogP contribution in [0.25, 0.3) is 0 Å². The number of methoxy groups -OCH3 is 3. The second kappa shape index (κ2) is 8.79. The molecular weight excluding hydrogens is 348 g/mol. The first kappa shape index (κ1) is 19.1. The van der Waals surface area contributed by atoms with Gasteiger partial charge in [-0.25, -0.2) is 4.79 Å². The third-order valence-corrected chi connectivity index (χ3v) is 4.84. The van der Waals surface area contributed by atoms with Crippen LogP contribution >= 0.6 is 0 Å². The minimum Gasteiger partial charge on any atom is -0.493 e. The van der Waals surface area contributed by atoms with Crippen molar-refractivity contribution in [1.82, 2.24) is 4.90 Å². The Hall–Kier alpha value is -2.70. The predicted octanol–water partition coefficient (Wildman–Crippen LogP) is 3.12. The first-order chi connectivity index (χ1) is 13.2. The number of carbonyl (C=O) groups excluding carboxylic acids is 1. The fraction of sp³-hybridized carbons (Fsp3) is 0.500. The Kier molecular flexibility index (Phi) is 6.21. The molecule has 7 heteroatoms. The predicted molar refractivity (Wildman–Crippen MR) is 101 cm³/mol. The van der Waals surface area contributed by atoms with E-state index in [1.165, 1.54) is 19.3 Å². The van der Waals surface area contributed by atoms with Gasteiger partial charge in [0.1, 0.15) is 11.3 Å². The molecule has 1 fully saturated rings. The summed E-state index contributed by atoms with van der Waals surface area (Å²) >= 11 is 0. The Morgan fingerprint density at radius 1 is 0.963 bits per heavy atom. The van der Waals surface area contributed by atoms with Crippen LogP contribution in [0.3, 0.4) is 0 Å². The number of ether oxygens (including phenoxy) is 3. The van der Waals surface area contributed by atoms with Gasteiger partial charge in [0.15, 0.2) is 11.5 Å². The molecule has 2 aliphatic heterocycles. The van der Waals surface area contributed by atoms with Gasteiger partial charge in [-0.1, -0.05) is 24.4 Å². The van der Waals surface area contributed by atoms with Gasteiger partial charge in [-0.05, 0) is 25.0 Å². The van der Waals surface area contributed by atoms with Crippen molar-refractivity contribution in [3.8, 4) is 17.2 Å². The van der Waals surface area contributed by atoms with Gasteiger partial charge in [-0.2, -0.15) is 0 Å². The number of likely N-dealkylation sites (tertiary alicyclic amines) is 1. The molecule has 2 aliphatic rings. The van der Waals surface area contributed by atoms with Crippen LogP contribution in [0.1, 0.15) is 37.7 Å². The maximum Gasteiger partial charge on any atom is 0.369 e. The van der Waals surface area contributed by atoms with Crippen LogP contribution in [0.2, 0.25) is 0 Å². The lowest BCUT2D eigenvalue weighted by molar-refractivity contribution is -0.136. The number of carbonyl (C=O) groups is 1. The molecule has 7 nitrogen and oxygen atoms in total. The number of oxime groups is 1. The fourth-order valence-electron chi connectivity index (χ4n) is 3.41. The van der Waals surface area contributed by atoms with E-state index in [0.29, 0.717) is 34.1 Å². The molecule has 0 spiro atoms. The smallest absolute Gasteiger partial charge is 0.369 e. The van der Waals surface area contributed by atoms with Gasteiger partial charge in [0.25, 0.3) is 0 Å². The lowest BCUT2D eigenvalue weighted by atomic mass is 10.0. The van der Waals surface area contributed by atoms with Crippen LogP contribution in [0.5, 0.6) is 17.2 Å². The van der Waals surface area contributed by atoms with Gasteiger partial charge in [0.05, 0.1) is 21.3 Å². The van der Waals surface area contributed by atoms with Gasteiger partial charge < -0.3 is 23.9 Å². The molecular formula is C20H26N2O5. The molecule has 0 amide bonds. The van der Waals surface area contributed by atoms with E-state index in [-0.39, 0.29) is 0 Å². The Morgan fingerprint density at radius 2 is 1.56 bits per heavy atom. The molecule has 1 aromatic rings. The molecule has 0 unspecified atom stereocenters. The molecule has 0 saturated carbocycles. The number of hydrogen-bond donors (Lipinski definition) is 0. The highest BCUT2D eigenvalue weighted by atomic mass is 16.7. The van der Waals surface area contributed by atoms with E-state index >= 15 is 0 Å². The van der Waals surface area contributed by atoms with Gasteiger partial charge in [0, 0.05) is 24.9 Å². The van der Waals surface area contributed by atoms with E-state index in [1.807, 2.05) is 6.20 Å². The SMILES string of the molecule is COc1cc(C2=NOC(=O)C2=CN2CCCCCCC2)cc(OC)c1OC. The van der Waals surface area contributed by atoms with Crippen molar-refractivity contribution in [3.63, 3.8) is 0 Å². The summed E-state index contributed by atoms with van der Waals surface area (Å²) < 4.78 is 16.2. The molecule has 0 aliphatic carbocycles. The highest BCUT2D eigenvalue weighted by molar-refractivity contribution is 6.29. The zero-order chi connectivity index (χ0) is 19.2. The monoisotopic (exact) mass is 374 g/mol. The van der Waals surface area contributed by atoms with Crippen LogP contribution < -0.4 is 14.2 Å². The van der Waals surface area contributed by atoms with Crippen molar-refractivity contribution in [2.45, 2.75) is 32.1 Å². The molecule has 146 valence electrons. The third kappa shape index (κ3) is 4.18. The second-order valence-electron chi connectivity index (χ2n) is 6.58. The standard InChI is InChI=1S/C20H26N2O5/c1-24-16-11-14(12-17(25-2)19(16)26-3)18-15(20(23)27-21-18)13-22-9-7-5-4-6-8-10-22/h11-13H,4-10H2,1-3H3. The summed E-state index contributed by atoms with van der Waals surface area (Å²) in [6, 6.07) is 3.53. The van der Waals surface area contributed by atoms with Gasteiger partial charge in [-0.3, -0.25) is 0 Å². The van der Waals surface area contributed by atoms with Crippen molar-refractivity contribution < 1.29 is 23.8 Å². The summed E-state index contributed by atoms with van der Waals surface area (Å²) in [6.45, 7) is 1.86. The largest absolute Gasteiger partial charge is 0.493 e. The molecule has 1 saturated heterocycles. The van der Waals surface area contributed by atoms with E-state index in [4.69, 9.17) is 19.0 Å². The highest BCUT2D eigenvalue weighted by Crippen LogP contribution is 2.39. The molecule has 2 heterocycles. The molecule has 0 atom stereocenters. The van der Waals surface area contributed by atoms with Crippen LogP contribution in [0.4, 0.5) is 0 Å². The average Bonchev–Trinajstić information content (AvgIpc) is 3.02. The number of hydrogen-bond acceptors (Lipinski definition) is 7. The van der Waals surface area contributed by atoms with Crippen LogP contribution in [-0.4, -0.2) is 51.0 Å². The van der Waals surface area contributed by atoms with Crippen LogP contribution in [0, 0.1) is 0 Å². The summed E-state index contributed by atoms with van der Waals surface area (Å²) in [4.78, 5) is 19.5. The van der Waals surface area contributed by atoms with Crippen molar-refractivity contribution in [2.24, 2.45) is 5.16 Å². The minimum absolute atomic E-state index is 0.444. The normalized spacial score (nSPS) is 19.2. The van der Waals surface area contributed by atoms with Crippen molar-refractivity contribution in [3.05, 3.63) is 29.5 Å². The van der Waals surface area contributed by atoms with Gasteiger partial charge in [0.2, 0.25) is 5.75 Å². The maximum atomic E-state index is 12.3. The molecule has 0 aromatic heterocycles. The number of nitrogens with zero attached hydrogens (tertiary/aromatic N) is 2. The Morgan fingerprint density at radius 3 is 2.11 bits per heavy atom. The van der Waals surface area contributed by atoms with Crippen molar-refractivity contribution in [2.75, 3.05) is 34.4 Å². The Labute approximate surface area is 159 Å². The molecule has 3 rings (SSSR count). The summed E-state index contributed by atoms with van der Waals surface area (Å²) in [5, 5.41) is 4.00. The Bertz CT molecular complexity index is 724. The van der Waals surface area contributed by atoms with Crippen molar-refractivity contribution >= 4 is 11.7 Å². The first-order valence-corrected chi connectivity index (χ1v) is 9.24. The molecule has 0 bridgehead atoms. The molecule has 27 heavy (non-hydrogen) atoms. The van der Waals surface area contributed by atoms with Crippen LogP contribution in [0.15, 0.2) is 29.1 Å². The zero-order valence-electron chi connectivity index (χ0n) is 16.1. The average molecular weight is 374 g/mol. The summed E-state index contributed by atoms with van der Waals surface area (Å²) in [7, 11) is 4.65. The summed E-state index contributed by atoms with van der Waals surface area (Å²) in [5.74, 6) is 1.05. The van der Waals surface area contributed by atoms with Gasteiger partial charge in [-0.15, -0.1) is 0 Å². The van der Waals surface area contributed by atoms with E-state index in [1.54, 1.807) is 33.5 Å². The summed E-state index contributed by atoms with van der Waals surface area (Å²) in [5.41, 5.74) is 1.60. The number of benzene rings is 1. The van der Waals surface area contributed by atoms with Crippen LogP contribution in [-0.2, 0) is 9.63 Å². The lowest BCUT2D eigenvalue weighted by Gasteiger charge is -2.23. The van der Waals surface area contributed by atoms with Crippen molar-refractivity contribution in [1.29, 1.82) is 0 Å². The molecule has 0 radical (unpaired) electrons. The van der Waals surface area contributed by atoms with E-state index < -0.39 is 5.97 Å². The number of rotatable bonds is 5. The highest BCUT2D eigenvalue weighted by Gasteiger charge is 2.29. The Balaban J connectivity index is 1.95. The lowest BCUT2D eigenvalue weighted by Crippen LogP contribution is -2.24. The maximum absolute atomic E-state index is 12.3. The molecule has 0 N–H and O–H groups in total. The third-order valence-electron chi connectivity index (χ3n) is 4.84. The first-order valence-electron chi connectivity index (χ1n) is 9.24. The fourth-order valence-corrected chi connectivity index (χ4v) is 3.41. The quantitative estimate of drug-likeness (QED) is 0.583.